The molecule has 26 heavy (non-hydrogen) atoms. The number of nitrogens with one attached hydrogen (secondary N) is 1. The fourth-order valence-corrected chi connectivity index (χ4v) is 3.13. The lowest BCUT2D eigenvalue weighted by atomic mass is 10.3. The lowest BCUT2D eigenvalue weighted by Gasteiger charge is -2.31. The zero-order chi connectivity index (χ0) is 18.0. The fraction of sp³-hybridized carbons (Fsp3) is 0.632. The number of morpholine rings is 1. The maximum atomic E-state index is 12.7. The van der Waals surface area contributed by atoms with Crippen molar-refractivity contribution in [1.29, 1.82) is 0 Å². The monoisotopic (exact) mass is 363 g/mol. The number of nitrogens with zero attached hydrogens (tertiary/aromatic N) is 2. The molecule has 0 radical (unpaired) electrons. The van der Waals surface area contributed by atoms with Crippen LogP contribution in [-0.2, 0) is 14.2 Å². The average Bonchev–Trinajstić information content (AvgIpc) is 2.69. The van der Waals surface area contributed by atoms with E-state index in [2.05, 4.69) is 10.2 Å². The summed E-state index contributed by atoms with van der Waals surface area (Å²) in [6.45, 7) is 6.96. The maximum absolute atomic E-state index is 12.7. The summed E-state index contributed by atoms with van der Waals surface area (Å²) in [6.07, 6.45) is 1.48. The number of rotatable bonds is 7. The van der Waals surface area contributed by atoms with E-state index >= 15 is 0 Å². The Hall–Kier alpha value is -1.67. The number of carbonyl (C=O) groups excluding carboxylic acids is 1. The van der Waals surface area contributed by atoms with Gasteiger partial charge in [0.05, 0.1) is 33.0 Å². The number of hydrogen-bond donors (Lipinski definition) is 1. The highest BCUT2D eigenvalue weighted by Crippen LogP contribution is 2.11. The first kappa shape index (κ1) is 19.1. The van der Waals surface area contributed by atoms with E-state index in [1.165, 1.54) is 0 Å². The molecule has 1 aromatic rings. The minimum atomic E-state index is -0.339. The highest BCUT2D eigenvalue weighted by Gasteiger charge is 2.22. The van der Waals surface area contributed by atoms with Crippen molar-refractivity contribution < 1.29 is 19.0 Å². The first-order chi connectivity index (χ1) is 12.8. The van der Waals surface area contributed by atoms with Crippen LogP contribution in [0.3, 0.4) is 0 Å². The van der Waals surface area contributed by atoms with Crippen LogP contribution in [0.15, 0.2) is 30.3 Å². The molecule has 2 aliphatic rings. The van der Waals surface area contributed by atoms with Crippen LogP contribution in [0.5, 0.6) is 0 Å². The molecule has 0 spiro atoms. The molecule has 2 heterocycles. The van der Waals surface area contributed by atoms with Crippen LogP contribution in [0.1, 0.15) is 12.8 Å². The first-order valence-corrected chi connectivity index (χ1v) is 9.45. The van der Waals surface area contributed by atoms with Crippen molar-refractivity contribution in [3.63, 3.8) is 0 Å². The molecule has 0 aromatic heterocycles. The number of anilines is 1. The van der Waals surface area contributed by atoms with Gasteiger partial charge < -0.3 is 24.4 Å². The fourth-order valence-electron chi connectivity index (χ4n) is 3.13. The van der Waals surface area contributed by atoms with Gasteiger partial charge in [0.1, 0.15) is 0 Å². The van der Waals surface area contributed by atoms with Crippen molar-refractivity contribution in [2.45, 2.75) is 19.1 Å². The van der Waals surface area contributed by atoms with E-state index in [1.54, 1.807) is 4.90 Å². The third kappa shape index (κ3) is 6.25. The third-order valence-electron chi connectivity index (χ3n) is 4.58. The van der Waals surface area contributed by atoms with Gasteiger partial charge in [-0.1, -0.05) is 18.2 Å². The van der Waals surface area contributed by atoms with Crippen LogP contribution >= 0.6 is 0 Å². The molecule has 0 atom stereocenters. The molecular formula is C19H29N3O4. The van der Waals surface area contributed by atoms with Gasteiger partial charge in [0.25, 0.3) is 0 Å². The molecule has 1 N–H and O–H groups in total. The molecule has 7 heteroatoms. The molecule has 0 saturated carbocycles. The van der Waals surface area contributed by atoms with Crippen LogP contribution in [0.2, 0.25) is 0 Å². The van der Waals surface area contributed by atoms with Gasteiger partial charge in [0.15, 0.2) is 6.29 Å². The standard InChI is InChI=1S/C19H29N3O4/c23-19(20-17-6-2-1-3-7-17)22(16-18-25-12-5-13-26-18)9-4-8-21-10-14-24-15-11-21/h1-3,6-7,18H,4-5,8-16H2,(H,20,23). The van der Waals surface area contributed by atoms with Crippen LogP contribution in [0, 0.1) is 0 Å². The molecule has 7 nitrogen and oxygen atoms in total. The molecule has 144 valence electrons. The molecule has 2 amide bonds. The Morgan fingerprint density at radius 1 is 1.12 bits per heavy atom. The quantitative estimate of drug-likeness (QED) is 0.803. The molecule has 0 aliphatic carbocycles. The van der Waals surface area contributed by atoms with Crippen LogP contribution in [-0.4, -0.2) is 81.3 Å². The number of ether oxygens (including phenoxy) is 3. The Labute approximate surface area is 155 Å². The Bertz CT molecular complexity index is 531. The predicted molar refractivity (Wildman–Crippen MR) is 99.2 cm³/mol. The number of urea groups is 1. The van der Waals surface area contributed by atoms with Gasteiger partial charge in [-0.25, -0.2) is 4.79 Å². The van der Waals surface area contributed by atoms with E-state index in [9.17, 15) is 4.79 Å². The second-order valence-corrected chi connectivity index (χ2v) is 6.57. The number of amides is 2. The SMILES string of the molecule is O=C(Nc1ccccc1)N(CCCN1CCOCC1)CC1OCCCO1. The highest BCUT2D eigenvalue weighted by molar-refractivity contribution is 5.89. The van der Waals surface area contributed by atoms with Crippen LogP contribution in [0.25, 0.3) is 0 Å². The van der Waals surface area contributed by atoms with Gasteiger partial charge in [-0.2, -0.15) is 0 Å². The van der Waals surface area contributed by atoms with Gasteiger partial charge >= 0.3 is 6.03 Å². The van der Waals surface area contributed by atoms with E-state index in [1.807, 2.05) is 30.3 Å². The Morgan fingerprint density at radius 2 is 1.85 bits per heavy atom. The molecular weight excluding hydrogens is 334 g/mol. The van der Waals surface area contributed by atoms with Crippen molar-refractivity contribution in [2.75, 3.05) is 64.5 Å². The minimum Gasteiger partial charge on any atom is -0.379 e. The number of carbonyl (C=O) groups is 1. The molecule has 2 saturated heterocycles. The summed E-state index contributed by atoms with van der Waals surface area (Å²) in [6, 6.07) is 9.40. The summed E-state index contributed by atoms with van der Waals surface area (Å²) >= 11 is 0. The highest BCUT2D eigenvalue weighted by atomic mass is 16.7. The Morgan fingerprint density at radius 3 is 2.58 bits per heavy atom. The zero-order valence-electron chi connectivity index (χ0n) is 15.3. The molecule has 0 unspecified atom stereocenters. The second kappa shape index (κ2) is 10.5. The number of hydrogen-bond acceptors (Lipinski definition) is 5. The largest absolute Gasteiger partial charge is 0.379 e. The molecule has 2 aliphatic heterocycles. The zero-order valence-corrected chi connectivity index (χ0v) is 15.3. The lowest BCUT2D eigenvalue weighted by molar-refractivity contribution is -0.183. The summed E-state index contributed by atoms with van der Waals surface area (Å²) in [5, 5.41) is 2.96. The van der Waals surface area contributed by atoms with Crippen molar-refractivity contribution in [2.24, 2.45) is 0 Å². The first-order valence-electron chi connectivity index (χ1n) is 9.45. The molecule has 3 rings (SSSR count). The normalized spacial score (nSPS) is 19.2. The third-order valence-corrected chi connectivity index (χ3v) is 4.58. The van der Waals surface area contributed by atoms with Crippen molar-refractivity contribution >= 4 is 11.7 Å². The van der Waals surface area contributed by atoms with Crippen molar-refractivity contribution in [3.05, 3.63) is 30.3 Å². The average molecular weight is 363 g/mol. The smallest absolute Gasteiger partial charge is 0.322 e. The minimum absolute atomic E-state index is 0.115. The van der Waals surface area contributed by atoms with E-state index in [0.717, 1.165) is 51.4 Å². The molecule has 0 bridgehead atoms. The van der Waals surface area contributed by atoms with E-state index in [4.69, 9.17) is 14.2 Å². The summed E-state index contributed by atoms with van der Waals surface area (Å²) in [5.41, 5.74) is 0.793. The van der Waals surface area contributed by atoms with Gasteiger partial charge in [-0.05, 0) is 25.0 Å². The summed E-state index contributed by atoms with van der Waals surface area (Å²) in [5.74, 6) is 0. The van der Waals surface area contributed by atoms with Crippen LogP contribution in [0.4, 0.5) is 10.5 Å². The predicted octanol–water partition coefficient (Wildman–Crippen LogP) is 2.01. The maximum Gasteiger partial charge on any atom is 0.322 e. The van der Waals surface area contributed by atoms with E-state index in [-0.39, 0.29) is 12.3 Å². The topological polar surface area (TPSA) is 63.3 Å². The molecule has 1 aromatic carbocycles. The van der Waals surface area contributed by atoms with Crippen molar-refractivity contribution in [3.8, 4) is 0 Å². The van der Waals surface area contributed by atoms with Gasteiger partial charge in [-0.15, -0.1) is 0 Å². The number of para-hydroxylation sites is 1. The second-order valence-electron chi connectivity index (χ2n) is 6.57. The van der Waals surface area contributed by atoms with E-state index < -0.39 is 0 Å². The Balaban J connectivity index is 1.52. The summed E-state index contributed by atoms with van der Waals surface area (Å²) in [7, 11) is 0. The van der Waals surface area contributed by atoms with Gasteiger partial charge in [0.2, 0.25) is 0 Å². The van der Waals surface area contributed by atoms with Crippen molar-refractivity contribution in [1.82, 2.24) is 9.80 Å². The van der Waals surface area contributed by atoms with Crippen LogP contribution < -0.4 is 5.32 Å². The van der Waals surface area contributed by atoms with E-state index in [0.29, 0.717) is 26.3 Å². The lowest BCUT2D eigenvalue weighted by Crippen LogP contribution is -2.45. The van der Waals surface area contributed by atoms with Gasteiger partial charge in [-0.3, -0.25) is 4.90 Å². The molecule has 2 fully saturated rings. The Kier molecular flexibility index (Phi) is 7.69. The van der Waals surface area contributed by atoms with Gasteiger partial charge in [0, 0.05) is 31.9 Å². The summed E-state index contributed by atoms with van der Waals surface area (Å²) < 4.78 is 16.7. The summed E-state index contributed by atoms with van der Waals surface area (Å²) in [4.78, 5) is 16.9. The number of benzene rings is 1.